The van der Waals surface area contributed by atoms with Crippen molar-refractivity contribution < 1.29 is 19.5 Å². The summed E-state index contributed by atoms with van der Waals surface area (Å²) in [4.78, 5) is 32.7. The Hall–Kier alpha value is -1.01. The van der Waals surface area contributed by atoms with Gasteiger partial charge in [-0.2, -0.15) is 0 Å². The fraction of sp³-hybridized carbons (Fsp3) is 0.125. The molecule has 0 aromatic carbocycles. The molecule has 74 valence electrons. The van der Waals surface area contributed by atoms with Gasteiger partial charge in [-0.25, -0.2) is 0 Å². The Morgan fingerprint density at radius 2 is 2.00 bits per heavy atom. The van der Waals surface area contributed by atoms with Crippen molar-refractivity contribution in [3.63, 3.8) is 0 Å². The monoisotopic (exact) mass is 276 g/mol. The Morgan fingerprint density at radius 1 is 1.36 bits per heavy atom. The number of hydrogen-bond donors (Lipinski definition) is 1. The smallest absolute Gasteiger partial charge is 0.311 e. The molecule has 1 aromatic heterocycles. The summed E-state index contributed by atoms with van der Waals surface area (Å²) in [6.07, 6.45) is -0.756. The first kappa shape index (κ1) is 11.1. The fourth-order valence-electron chi connectivity index (χ4n) is 0.791. The molecule has 1 aromatic rings. The maximum atomic E-state index is 11.3. The van der Waals surface area contributed by atoms with Gasteiger partial charge in [-0.3, -0.25) is 14.4 Å². The van der Waals surface area contributed by atoms with Crippen molar-refractivity contribution in [2.75, 3.05) is 0 Å². The molecule has 6 heteroatoms. The SMILES string of the molecule is O=C(O)CC(=O)C(=O)c1ccc(Br)s1. The molecule has 0 unspecified atom stereocenters. The molecule has 1 heterocycles. The van der Waals surface area contributed by atoms with Crippen LogP contribution in [0.4, 0.5) is 0 Å². The second-order valence-corrected chi connectivity index (χ2v) is 4.89. The van der Waals surface area contributed by atoms with Gasteiger partial charge in [0, 0.05) is 0 Å². The topological polar surface area (TPSA) is 71.4 Å². The molecule has 0 amide bonds. The largest absolute Gasteiger partial charge is 0.481 e. The summed E-state index contributed by atoms with van der Waals surface area (Å²) in [7, 11) is 0. The molecule has 14 heavy (non-hydrogen) atoms. The molecule has 4 nitrogen and oxygen atoms in total. The van der Waals surface area contributed by atoms with E-state index in [1.165, 1.54) is 6.07 Å². The highest BCUT2D eigenvalue weighted by atomic mass is 79.9. The van der Waals surface area contributed by atoms with Crippen molar-refractivity contribution in [3.05, 3.63) is 20.8 Å². The van der Waals surface area contributed by atoms with E-state index in [2.05, 4.69) is 15.9 Å². The number of carboxylic acid groups (broad SMARTS) is 1. The Bertz CT molecular complexity index is 396. The second-order valence-electron chi connectivity index (χ2n) is 2.43. The molecule has 0 aliphatic rings. The minimum atomic E-state index is -1.29. The Morgan fingerprint density at radius 3 is 2.43 bits per heavy atom. The number of halogens is 1. The van der Waals surface area contributed by atoms with Gasteiger partial charge in [-0.05, 0) is 28.1 Å². The van der Waals surface area contributed by atoms with Crippen LogP contribution in [0.3, 0.4) is 0 Å². The molecule has 0 saturated heterocycles. The number of aliphatic carboxylic acids is 1. The summed E-state index contributed by atoms with van der Waals surface area (Å²) >= 11 is 4.24. The average molecular weight is 277 g/mol. The van der Waals surface area contributed by atoms with Crippen molar-refractivity contribution in [3.8, 4) is 0 Å². The van der Waals surface area contributed by atoms with Gasteiger partial charge in [-0.15, -0.1) is 11.3 Å². The number of carbonyl (C=O) groups is 3. The van der Waals surface area contributed by atoms with E-state index in [0.29, 0.717) is 0 Å². The Kier molecular flexibility index (Phi) is 3.54. The average Bonchev–Trinajstić information content (AvgIpc) is 2.49. The molecular weight excluding hydrogens is 272 g/mol. The van der Waals surface area contributed by atoms with Gasteiger partial charge in [-0.1, -0.05) is 0 Å². The first-order chi connectivity index (χ1) is 6.50. The van der Waals surface area contributed by atoms with Crippen LogP contribution >= 0.6 is 27.3 Å². The molecular formula is C8H5BrO4S. The van der Waals surface area contributed by atoms with E-state index in [-0.39, 0.29) is 4.88 Å². The van der Waals surface area contributed by atoms with Crippen LogP contribution in [-0.4, -0.2) is 22.6 Å². The minimum Gasteiger partial charge on any atom is -0.481 e. The first-order valence-electron chi connectivity index (χ1n) is 3.55. The normalized spacial score (nSPS) is 9.79. The zero-order valence-electron chi connectivity index (χ0n) is 6.82. The van der Waals surface area contributed by atoms with Gasteiger partial charge in [0.2, 0.25) is 11.6 Å². The van der Waals surface area contributed by atoms with Crippen LogP contribution in [0.5, 0.6) is 0 Å². The number of Topliss-reactive ketones (excluding diaryl/α,β-unsaturated/α-hetero) is 2. The lowest BCUT2D eigenvalue weighted by atomic mass is 10.2. The number of ketones is 2. The van der Waals surface area contributed by atoms with E-state index in [1.807, 2.05) is 0 Å². The highest BCUT2D eigenvalue weighted by Crippen LogP contribution is 2.22. The predicted molar refractivity (Wildman–Crippen MR) is 53.6 cm³/mol. The van der Waals surface area contributed by atoms with Crippen LogP contribution in [0.15, 0.2) is 15.9 Å². The third kappa shape index (κ3) is 2.74. The molecule has 0 aliphatic carbocycles. The summed E-state index contributed by atoms with van der Waals surface area (Å²) < 4.78 is 0.726. The Labute approximate surface area is 91.7 Å². The van der Waals surface area contributed by atoms with Crippen molar-refractivity contribution in [2.24, 2.45) is 0 Å². The van der Waals surface area contributed by atoms with Gasteiger partial charge < -0.3 is 5.11 Å². The zero-order valence-corrected chi connectivity index (χ0v) is 9.22. The molecule has 0 bridgehead atoms. The highest BCUT2D eigenvalue weighted by Gasteiger charge is 2.20. The van der Waals surface area contributed by atoms with Crippen LogP contribution in [0, 0.1) is 0 Å². The van der Waals surface area contributed by atoms with Crippen LogP contribution in [0.1, 0.15) is 16.1 Å². The molecule has 1 N–H and O–H groups in total. The summed E-state index contributed by atoms with van der Waals surface area (Å²) in [5.74, 6) is -2.94. The van der Waals surface area contributed by atoms with Crippen molar-refractivity contribution in [2.45, 2.75) is 6.42 Å². The summed E-state index contributed by atoms with van der Waals surface area (Å²) in [5, 5.41) is 8.31. The van der Waals surface area contributed by atoms with Gasteiger partial charge in [0.1, 0.15) is 6.42 Å². The zero-order chi connectivity index (χ0) is 10.7. The standard InChI is InChI=1S/C8H5BrO4S/c9-6-2-1-5(14-6)8(13)4(10)3-7(11)12/h1-2H,3H2,(H,11,12). The van der Waals surface area contributed by atoms with Gasteiger partial charge in [0.15, 0.2) is 0 Å². The lowest BCUT2D eigenvalue weighted by Gasteiger charge is -1.92. The maximum Gasteiger partial charge on any atom is 0.311 e. The van der Waals surface area contributed by atoms with E-state index < -0.39 is 24.0 Å². The van der Waals surface area contributed by atoms with E-state index in [9.17, 15) is 14.4 Å². The molecule has 0 fully saturated rings. The molecule has 0 aliphatic heterocycles. The quantitative estimate of drug-likeness (QED) is 0.517. The fourth-order valence-corrected chi connectivity index (χ4v) is 2.14. The van der Waals surface area contributed by atoms with Crippen LogP contribution in [0.2, 0.25) is 0 Å². The van der Waals surface area contributed by atoms with Crippen LogP contribution < -0.4 is 0 Å². The summed E-state index contributed by atoms with van der Waals surface area (Å²) in [5.41, 5.74) is 0. The van der Waals surface area contributed by atoms with E-state index in [4.69, 9.17) is 5.11 Å². The number of carboxylic acids is 1. The number of rotatable bonds is 4. The van der Waals surface area contributed by atoms with E-state index >= 15 is 0 Å². The third-order valence-corrected chi connectivity index (χ3v) is 2.98. The first-order valence-corrected chi connectivity index (χ1v) is 5.16. The van der Waals surface area contributed by atoms with Crippen molar-refractivity contribution >= 4 is 44.8 Å². The summed E-state index contributed by atoms with van der Waals surface area (Å²) in [6, 6.07) is 3.11. The number of carbonyl (C=O) groups excluding carboxylic acids is 2. The second kappa shape index (κ2) is 4.47. The lowest BCUT2D eigenvalue weighted by Crippen LogP contribution is -2.16. The van der Waals surface area contributed by atoms with Crippen molar-refractivity contribution in [1.82, 2.24) is 0 Å². The van der Waals surface area contributed by atoms with Gasteiger partial charge in [0.25, 0.3) is 0 Å². The Balaban J connectivity index is 2.76. The lowest BCUT2D eigenvalue weighted by molar-refractivity contribution is -0.139. The molecule has 1 rings (SSSR count). The van der Waals surface area contributed by atoms with E-state index in [1.54, 1.807) is 6.07 Å². The van der Waals surface area contributed by atoms with E-state index in [0.717, 1.165) is 15.1 Å². The maximum absolute atomic E-state index is 11.3. The van der Waals surface area contributed by atoms with Crippen LogP contribution in [0.25, 0.3) is 0 Å². The molecule has 0 radical (unpaired) electrons. The molecule has 0 atom stereocenters. The number of hydrogen-bond acceptors (Lipinski definition) is 4. The minimum absolute atomic E-state index is 0.253. The summed E-state index contributed by atoms with van der Waals surface area (Å²) in [6.45, 7) is 0. The van der Waals surface area contributed by atoms with Gasteiger partial charge in [0.05, 0.1) is 8.66 Å². The molecule has 0 saturated carbocycles. The highest BCUT2D eigenvalue weighted by molar-refractivity contribution is 9.11. The predicted octanol–water partition coefficient (Wildman–Crippen LogP) is 1.74. The molecule has 0 spiro atoms. The van der Waals surface area contributed by atoms with Crippen LogP contribution in [-0.2, 0) is 9.59 Å². The number of thiophene rings is 1. The third-order valence-electron chi connectivity index (χ3n) is 1.36. The van der Waals surface area contributed by atoms with Crippen molar-refractivity contribution in [1.29, 1.82) is 0 Å². The van der Waals surface area contributed by atoms with Gasteiger partial charge >= 0.3 is 5.97 Å².